The van der Waals surface area contributed by atoms with Gasteiger partial charge in [0.25, 0.3) is 0 Å². The van der Waals surface area contributed by atoms with Gasteiger partial charge in [-0.05, 0) is 27.7 Å². The lowest BCUT2D eigenvalue weighted by molar-refractivity contribution is 0.426. The zero-order valence-electron chi connectivity index (χ0n) is 16.7. The molecule has 28 heavy (non-hydrogen) atoms. The first-order valence-corrected chi connectivity index (χ1v) is 10.7. The van der Waals surface area contributed by atoms with Gasteiger partial charge in [-0.1, -0.05) is 88.4 Å². The van der Waals surface area contributed by atoms with Gasteiger partial charge in [0.2, 0.25) is 0 Å². The predicted molar refractivity (Wildman–Crippen MR) is 127 cm³/mol. The van der Waals surface area contributed by atoms with Crippen LogP contribution in [0.5, 0.6) is 0 Å². The summed E-state index contributed by atoms with van der Waals surface area (Å²) in [6, 6.07) is 22.6. The van der Waals surface area contributed by atoms with Gasteiger partial charge in [-0.15, -0.1) is 11.3 Å². The second kappa shape index (κ2) is 8.74. The Morgan fingerprint density at radius 1 is 0.643 bits per heavy atom. The average molecular weight is 388 g/mol. The van der Waals surface area contributed by atoms with Crippen molar-refractivity contribution in [1.82, 2.24) is 0 Å². The van der Waals surface area contributed by atoms with E-state index in [4.69, 9.17) is 0 Å². The summed E-state index contributed by atoms with van der Waals surface area (Å²) in [6.45, 7) is 8.00. The molecule has 0 aliphatic heterocycles. The lowest BCUT2D eigenvalue weighted by atomic mass is 9.79. The first-order valence-electron chi connectivity index (χ1n) is 9.86. The van der Waals surface area contributed by atoms with Crippen LogP contribution in [0, 0.1) is 0 Å². The maximum Gasteiger partial charge on any atom is 0.488 e. The summed E-state index contributed by atoms with van der Waals surface area (Å²) in [6.07, 6.45) is 0. The zero-order valence-corrected chi connectivity index (χ0v) is 17.5. The van der Waals surface area contributed by atoms with E-state index < -0.39 is 7.12 Å². The van der Waals surface area contributed by atoms with Gasteiger partial charge in [0.1, 0.15) is 0 Å². The van der Waals surface area contributed by atoms with Gasteiger partial charge in [0.15, 0.2) is 0 Å². The molecule has 4 heteroatoms. The Hall–Kier alpha value is -2.40. The van der Waals surface area contributed by atoms with Crippen LogP contribution in [0.1, 0.15) is 27.7 Å². The minimum Gasteiger partial charge on any atom is -0.423 e. The van der Waals surface area contributed by atoms with E-state index in [2.05, 4.69) is 48.5 Å². The molecule has 2 N–H and O–H groups in total. The summed E-state index contributed by atoms with van der Waals surface area (Å²) in [5.41, 5.74) is 0.527. The molecule has 0 amide bonds. The highest BCUT2D eigenvalue weighted by atomic mass is 32.1. The molecule has 1 aromatic heterocycles. The monoisotopic (exact) mass is 388 g/mol. The van der Waals surface area contributed by atoms with Gasteiger partial charge >= 0.3 is 7.12 Å². The zero-order chi connectivity index (χ0) is 20.3. The summed E-state index contributed by atoms with van der Waals surface area (Å²) >= 11 is 1.76. The quantitative estimate of drug-likeness (QED) is 0.269. The first-order chi connectivity index (χ1) is 13.7. The number of hydrogen-bond acceptors (Lipinski definition) is 3. The van der Waals surface area contributed by atoms with E-state index in [-0.39, 0.29) is 0 Å². The standard InChI is InChI=1S/C20H13BO2S.2C2H6/c22-21(23)12-9-10-18-17(11-12)19-15-7-3-1-5-13(15)14-6-2-4-8-16(14)20(19)24-18;2*1-2/h1-11,22-23H;2*1-2H3. The third-order valence-corrected chi connectivity index (χ3v) is 5.87. The molecule has 0 atom stereocenters. The van der Waals surface area contributed by atoms with Gasteiger partial charge in [-0.25, -0.2) is 0 Å². The van der Waals surface area contributed by atoms with Gasteiger partial charge in [-0.2, -0.15) is 0 Å². The van der Waals surface area contributed by atoms with Crippen molar-refractivity contribution in [1.29, 1.82) is 0 Å². The summed E-state index contributed by atoms with van der Waals surface area (Å²) in [4.78, 5) is 0. The van der Waals surface area contributed by atoms with E-state index in [0.29, 0.717) is 5.46 Å². The number of benzene rings is 4. The molecular weight excluding hydrogens is 363 g/mol. The summed E-state index contributed by atoms with van der Waals surface area (Å²) in [5.74, 6) is 0. The van der Waals surface area contributed by atoms with E-state index in [1.54, 1.807) is 17.4 Å². The fourth-order valence-corrected chi connectivity index (χ4v) is 4.82. The maximum atomic E-state index is 9.54. The second-order valence-electron chi connectivity index (χ2n) is 6.03. The summed E-state index contributed by atoms with van der Waals surface area (Å²) in [5, 5.41) is 26.3. The Morgan fingerprint density at radius 3 is 1.79 bits per heavy atom. The summed E-state index contributed by atoms with van der Waals surface area (Å²) < 4.78 is 2.42. The Kier molecular flexibility index (Phi) is 6.35. The van der Waals surface area contributed by atoms with E-state index in [1.165, 1.54) is 31.6 Å². The summed E-state index contributed by atoms with van der Waals surface area (Å²) in [7, 11) is -1.45. The molecule has 1 heterocycles. The Balaban J connectivity index is 0.000000531. The molecule has 0 saturated carbocycles. The third kappa shape index (κ3) is 3.28. The van der Waals surface area contributed by atoms with Crippen molar-refractivity contribution in [3.8, 4) is 0 Å². The molecule has 5 aromatic rings. The Morgan fingerprint density at radius 2 is 1.18 bits per heavy atom. The number of fused-ring (bicyclic) bond motifs is 8. The average Bonchev–Trinajstić information content (AvgIpc) is 3.16. The SMILES string of the molecule is CC.CC.OB(O)c1ccc2sc3c4ccccc4c4ccccc4c3c2c1. The maximum absolute atomic E-state index is 9.54. The number of rotatable bonds is 1. The Labute approximate surface area is 170 Å². The molecule has 0 fully saturated rings. The topological polar surface area (TPSA) is 40.5 Å². The first kappa shape index (κ1) is 20.3. The highest BCUT2D eigenvalue weighted by Gasteiger charge is 2.16. The fourth-order valence-electron chi connectivity index (χ4n) is 3.58. The second-order valence-corrected chi connectivity index (χ2v) is 7.08. The molecule has 0 aliphatic rings. The van der Waals surface area contributed by atoms with Crippen LogP contribution >= 0.6 is 11.3 Å². The van der Waals surface area contributed by atoms with Crippen LogP contribution in [0.15, 0.2) is 66.7 Å². The molecule has 142 valence electrons. The molecule has 5 rings (SSSR count). The van der Waals surface area contributed by atoms with Crippen molar-refractivity contribution in [3.05, 3.63) is 66.7 Å². The normalized spacial score (nSPS) is 10.5. The molecule has 2 nitrogen and oxygen atoms in total. The van der Waals surface area contributed by atoms with Crippen LogP contribution < -0.4 is 5.46 Å². The predicted octanol–water partition coefficient (Wildman–Crippen LogP) is 6.09. The Bertz CT molecular complexity index is 1240. The molecule has 0 unspecified atom stereocenters. The lowest BCUT2D eigenvalue weighted by Gasteiger charge is -2.07. The number of thiophene rings is 1. The molecule has 0 spiro atoms. The highest BCUT2D eigenvalue weighted by molar-refractivity contribution is 7.27. The number of hydrogen-bond donors (Lipinski definition) is 2. The van der Waals surface area contributed by atoms with Crippen molar-refractivity contribution in [2.75, 3.05) is 0 Å². The molecule has 0 saturated heterocycles. The van der Waals surface area contributed by atoms with Crippen molar-refractivity contribution < 1.29 is 10.0 Å². The van der Waals surface area contributed by atoms with Crippen LogP contribution in [0.2, 0.25) is 0 Å². The van der Waals surface area contributed by atoms with Crippen molar-refractivity contribution in [2.45, 2.75) is 27.7 Å². The van der Waals surface area contributed by atoms with Crippen LogP contribution in [0.4, 0.5) is 0 Å². The smallest absolute Gasteiger partial charge is 0.423 e. The van der Waals surface area contributed by atoms with Gasteiger partial charge in [-0.3, -0.25) is 0 Å². The van der Waals surface area contributed by atoms with Gasteiger partial charge in [0, 0.05) is 25.6 Å². The van der Waals surface area contributed by atoms with Crippen LogP contribution in [-0.4, -0.2) is 17.2 Å². The van der Waals surface area contributed by atoms with Crippen LogP contribution in [0.3, 0.4) is 0 Å². The van der Waals surface area contributed by atoms with Crippen LogP contribution in [-0.2, 0) is 0 Å². The van der Waals surface area contributed by atoms with Gasteiger partial charge in [0.05, 0.1) is 0 Å². The fraction of sp³-hybridized carbons (Fsp3) is 0.167. The van der Waals surface area contributed by atoms with Crippen molar-refractivity contribution >= 4 is 65.6 Å². The van der Waals surface area contributed by atoms with Crippen molar-refractivity contribution in [2.24, 2.45) is 0 Å². The van der Waals surface area contributed by atoms with E-state index in [9.17, 15) is 10.0 Å². The van der Waals surface area contributed by atoms with Crippen molar-refractivity contribution in [3.63, 3.8) is 0 Å². The molecular formula is C24H25BO2S. The molecule has 4 aromatic carbocycles. The van der Waals surface area contributed by atoms with E-state index >= 15 is 0 Å². The molecule has 0 aliphatic carbocycles. The van der Waals surface area contributed by atoms with Gasteiger partial charge < -0.3 is 10.0 Å². The lowest BCUT2D eigenvalue weighted by Crippen LogP contribution is -2.29. The minimum atomic E-state index is -1.45. The molecule has 0 bridgehead atoms. The molecule has 0 radical (unpaired) electrons. The van der Waals surface area contributed by atoms with E-state index in [1.807, 2.05) is 39.8 Å². The van der Waals surface area contributed by atoms with E-state index in [0.717, 1.165) is 10.1 Å². The highest BCUT2D eigenvalue weighted by Crippen LogP contribution is 2.43. The largest absolute Gasteiger partial charge is 0.488 e. The van der Waals surface area contributed by atoms with Crippen LogP contribution in [0.25, 0.3) is 41.7 Å². The third-order valence-electron chi connectivity index (χ3n) is 4.67. The minimum absolute atomic E-state index is 0.527.